The molecule has 0 bridgehead atoms. The minimum atomic E-state index is -0.438. The number of anilines is 1. The maximum absolute atomic E-state index is 12.3. The van der Waals surface area contributed by atoms with E-state index in [1.165, 1.54) is 0 Å². The first-order valence-electron chi connectivity index (χ1n) is 9.06. The Kier molecular flexibility index (Phi) is 7.17. The summed E-state index contributed by atoms with van der Waals surface area (Å²) < 4.78 is 11.9. The first-order valence-corrected chi connectivity index (χ1v) is 10.7. The molecule has 156 valence electrons. The maximum atomic E-state index is 12.3. The number of thioether (sulfide) groups is 1. The van der Waals surface area contributed by atoms with Crippen LogP contribution in [0.15, 0.2) is 45.8 Å². The largest absolute Gasteiger partial charge is 0.490 e. The monoisotopic (exact) mass is 490 g/mol. The maximum Gasteiger partial charge on any atom is 0.290 e. The van der Waals surface area contributed by atoms with Gasteiger partial charge in [0.1, 0.15) is 0 Å². The SMILES string of the molecule is CCOc1cc(/C=C2\SC(=O)NC2=O)cc(Br)c1OCC(=O)Nc1cccc(C)c1. The average Bonchev–Trinajstić information content (AvgIpc) is 2.98. The van der Waals surface area contributed by atoms with Gasteiger partial charge in [-0.1, -0.05) is 12.1 Å². The normalized spacial score (nSPS) is 14.6. The van der Waals surface area contributed by atoms with Crippen LogP contribution in [0.5, 0.6) is 11.5 Å². The van der Waals surface area contributed by atoms with Crippen molar-refractivity contribution in [3.05, 3.63) is 56.9 Å². The molecule has 1 aliphatic heterocycles. The highest BCUT2D eigenvalue weighted by Gasteiger charge is 2.25. The summed E-state index contributed by atoms with van der Waals surface area (Å²) in [6, 6.07) is 10.9. The predicted molar refractivity (Wildman–Crippen MR) is 120 cm³/mol. The van der Waals surface area contributed by atoms with Crippen LogP contribution < -0.4 is 20.1 Å². The van der Waals surface area contributed by atoms with Gasteiger partial charge < -0.3 is 14.8 Å². The molecule has 2 aromatic carbocycles. The van der Waals surface area contributed by atoms with Crippen LogP contribution in [-0.4, -0.2) is 30.3 Å². The van der Waals surface area contributed by atoms with Crippen molar-refractivity contribution in [2.45, 2.75) is 13.8 Å². The fraction of sp³-hybridized carbons (Fsp3) is 0.190. The zero-order valence-electron chi connectivity index (χ0n) is 16.3. The van der Waals surface area contributed by atoms with Crippen LogP contribution in [0.1, 0.15) is 18.1 Å². The van der Waals surface area contributed by atoms with Crippen LogP contribution in [0, 0.1) is 6.92 Å². The summed E-state index contributed by atoms with van der Waals surface area (Å²) in [6.07, 6.45) is 1.59. The molecule has 0 aromatic heterocycles. The Hall–Kier alpha value is -2.78. The lowest BCUT2D eigenvalue weighted by Crippen LogP contribution is -2.20. The molecule has 0 unspecified atom stereocenters. The number of benzene rings is 2. The molecular weight excluding hydrogens is 472 g/mol. The van der Waals surface area contributed by atoms with Gasteiger partial charge in [0, 0.05) is 5.69 Å². The summed E-state index contributed by atoms with van der Waals surface area (Å²) in [4.78, 5) is 35.7. The van der Waals surface area contributed by atoms with Crippen molar-refractivity contribution in [2.75, 3.05) is 18.5 Å². The molecule has 2 N–H and O–H groups in total. The molecule has 0 spiro atoms. The molecule has 0 aliphatic carbocycles. The Balaban J connectivity index is 1.75. The molecule has 3 amide bonds. The van der Waals surface area contributed by atoms with E-state index in [1.54, 1.807) is 24.3 Å². The van der Waals surface area contributed by atoms with Crippen LogP contribution in [0.2, 0.25) is 0 Å². The van der Waals surface area contributed by atoms with Crippen molar-refractivity contribution in [2.24, 2.45) is 0 Å². The Morgan fingerprint density at radius 3 is 2.70 bits per heavy atom. The second-order valence-electron chi connectivity index (χ2n) is 6.32. The Bertz CT molecular complexity index is 1040. The van der Waals surface area contributed by atoms with E-state index in [0.717, 1.165) is 17.3 Å². The summed E-state index contributed by atoms with van der Waals surface area (Å²) in [7, 11) is 0. The van der Waals surface area contributed by atoms with Crippen molar-refractivity contribution in [1.29, 1.82) is 0 Å². The third-order valence-electron chi connectivity index (χ3n) is 3.92. The number of hydrogen-bond donors (Lipinski definition) is 2. The van der Waals surface area contributed by atoms with Crippen molar-refractivity contribution in [1.82, 2.24) is 5.32 Å². The Labute approximate surface area is 186 Å². The lowest BCUT2D eigenvalue weighted by Gasteiger charge is -2.15. The topological polar surface area (TPSA) is 93.7 Å². The van der Waals surface area contributed by atoms with Crippen LogP contribution in [0.3, 0.4) is 0 Å². The van der Waals surface area contributed by atoms with Crippen LogP contribution in [-0.2, 0) is 9.59 Å². The fourth-order valence-corrected chi connectivity index (χ4v) is 3.96. The average molecular weight is 491 g/mol. The van der Waals surface area contributed by atoms with Crippen molar-refractivity contribution in [3.63, 3.8) is 0 Å². The van der Waals surface area contributed by atoms with Crippen molar-refractivity contribution in [3.8, 4) is 11.5 Å². The van der Waals surface area contributed by atoms with Gasteiger partial charge in [-0.2, -0.15) is 0 Å². The number of ether oxygens (including phenoxy) is 2. The molecule has 1 fully saturated rings. The summed E-state index contributed by atoms with van der Waals surface area (Å²) in [5.74, 6) is 0.0423. The molecule has 7 nitrogen and oxygen atoms in total. The van der Waals surface area contributed by atoms with Crippen LogP contribution in [0.4, 0.5) is 10.5 Å². The van der Waals surface area contributed by atoms with Gasteiger partial charge in [-0.05, 0) is 83.0 Å². The molecule has 0 radical (unpaired) electrons. The Morgan fingerprint density at radius 1 is 1.23 bits per heavy atom. The van der Waals surface area contributed by atoms with E-state index < -0.39 is 11.1 Å². The van der Waals surface area contributed by atoms with Gasteiger partial charge >= 0.3 is 0 Å². The quantitative estimate of drug-likeness (QED) is 0.555. The second-order valence-corrected chi connectivity index (χ2v) is 8.19. The number of hydrogen-bond acceptors (Lipinski definition) is 6. The van der Waals surface area contributed by atoms with Gasteiger partial charge in [0.25, 0.3) is 17.1 Å². The van der Waals surface area contributed by atoms with Gasteiger partial charge in [-0.15, -0.1) is 0 Å². The zero-order chi connectivity index (χ0) is 21.7. The minimum absolute atomic E-state index is 0.209. The smallest absolute Gasteiger partial charge is 0.290 e. The number of halogens is 1. The first-order chi connectivity index (χ1) is 14.4. The highest BCUT2D eigenvalue weighted by atomic mass is 79.9. The number of nitrogens with one attached hydrogen (secondary N) is 2. The summed E-state index contributed by atoms with van der Waals surface area (Å²) in [5, 5.41) is 4.59. The second kappa shape index (κ2) is 9.82. The fourth-order valence-electron chi connectivity index (χ4n) is 2.70. The standard InChI is InChI=1S/C21H19BrN2O5S/c1-3-28-16-9-13(10-17-20(26)24-21(27)30-17)8-15(22)19(16)29-11-18(25)23-14-6-4-5-12(2)7-14/h4-10H,3,11H2,1-2H3,(H,23,25)(H,24,26,27)/b17-10-. The Morgan fingerprint density at radius 2 is 2.03 bits per heavy atom. The van der Waals surface area contributed by atoms with E-state index in [1.807, 2.05) is 32.0 Å². The van der Waals surface area contributed by atoms with E-state index >= 15 is 0 Å². The summed E-state index contributed by atoms with van der Waals surface area (Å²) in [5.41, 5.74) is 2.38. The van der Waals surface area contributed by atoms with E-state index in [4.69, 9.17) is 9.47 Å². The van der Waals surface area contributed by atoms with E-state index in [0.29, 0.717) is 38.7 Å². The molecule has 1 saturated heterocycles. The third kappa shape index (κ3) is 5.64. The summed E-state index contributed by atoms with van der Waals surface area (Å²) >= 11 is 4.27. The van der Waals surface area contributed by atoms with Gasteiger partial charge in [0.2, 0.25) is 0 Å². The lowest BCUT2D eigenvalue weighted by molar-refractivity contribution is -0.118. The number of rotatable bonds is 7. The molecule has 3 rings (SSSR count). The van der Waals surface area contributed by atoms with Crippen LogP contribution in [0.25, 0.3) is 6.08 Å². The first kappa shape index (κ1) is 21.9. The lowest BCUT2D eigenvalue weighted by atomic mass is 10.2. The van der Waals surface area contributed by atoms with Gasteiger partial charge in [0.15, 0.2) is 18.1 Å². The molecule has 2 aromatic rings. The molecule has 30 heavy (non-hydrogen) atoms. The van der Waals surface area contributed by atoms with Crippen molar-refractivity contribution < 1.29 is 23.9 Å². The number of carbonyl (C=O) groups is 3. The number of carbonyl (C=O) groups excluding carboxylic acids is 3. The van der Waals surface area contributed by atoms with Gasteiger partial charge in [0.05, 0.1) is 16.0 Å². The predicted octanol–water partition coefficient (Wildman–Crippen LogP) is 4.50. The minimum Gasteiger partial charge on any atom is -0.490 e. The zero-order valence-corrected chi connectivity index (χ0v) is 18.7. The molecule has 1 aliphatic rings. The molecular formula is C21H19BrN2O5S. The molecule has 9 heteroatoms. The van der Waals surface area contributed by atoms with E-state index in [9.17, 15) is 14.4 Å². The van der Waals surface area contributed by atoms with Crippen molar-refractivity contribution >= 4 is 56.5 Å². The molecule has 0 saturated carbocycles. The summed E-state index contributed by atoms with van der Waals surface area (Å²) in [6.45, 7) is 3.94. The van der Waals surface area contributed by atoms with E-state index in [-0.39, 0.29) is 12.5 Å². The molecule has 0 atom stereocenters. The van der Waals surface area contributed by atoms with Crippen LogP contribution >= 0.6 is 27.7 Å². The highest BCUT2D eigenvalue weighted by molar-refractivity contribution is 9.10. The van der Waals surface area contributed by atoms with E-state index in [2.05, 4.69) is 26.6 Å². The molecule has 1 heterocycles. The number of aryl methyl sites for hydroxylation is 1. The number of imide groups is 1. The number of amides is 3. The van der Waals surface area contributed by atoms with Gasteiger partial charge in [-0.25, -0.2) is 0 Å². The third-order valence-corrected chi connectivity index (χ3v) is 5.32. The highest BCUT2D eigenvalue weighted by Crippen LogP contribution is 2.38. The van der Waals surface area contributed by atoms with Gasteiger partial charge in [-0.3, -0.25) is 19.7 Å².